The predicted molar refractivity (Wildman–Crippen MR) is 96.3 cm³/mol. The number of β-lactam (4-membered cyclic amide) rings is 1. The van der Waals surface area contributed by atoms with Crippen LogP contribution in [0.4, 0.5) is 0 Å². The number of rotatable bonds is 7. The van der Waals surface area contributed by atoms with Gasteiger partial charge in [0, 0.05) is 24.7 Å². The Hall–Kier alpha value is -2.43. The first kappa shape index (κ1) is 17.4. The number of hydrogen-bond donors (Lipinski definition) is 1. The van der Waals surface area contributed by atoms with Crippen LogP contribution in [-0.4, -0.2) is 27.5 Å². The van der Waals surface area contributed by atoms with Crippen LogP contribution in [0.2, 0.25) is 0 Å². The molecule has 0 saturated carbocycles. The van der Waals surface area contributed by atoms with E-state index in [4.69, 9.17) is 0 Å². The molecule has 5 heteroatoms. The lowest BCUT2D eigenvalue weighted by molar-refractivity contribution is -0.137. The summed E-state index contributed by atoms with van der Waals surface area (Å²) in [6, 6.07) is 12.0. The van der Waals surface area contributed by atoms with Gasteiger partial charge in [0.25, 0.3) is 0 Å². The Labute approximate surface area is 148 Å². The highest BCUT2D eigenvalue weighted by Crippen LogP contribution is 2.27. The minimum absolute atomic E-state index is 0.00258. The molecule has 1 aromatic carbocycles. The summed E-state index contributed by atoms with van der Waals surface area (Å²) in [5.41, 5.74) is 2.73. The smallest absolute Gasteiger partial charge is 0.225 e. The third-order valence-corrected chi connectivity index (χ3v) is 4.91. The van der Waals surface area contributed by atoms with Crippen molar-refractivity contribution in [2.75, 3.05) is 0 Å². The fraction of sp³-hybridized carbons (Fsp3) is 0.450. The van der Waals surface area contributed by atoms with Crippen molar-refractivity contribution >= 4 is 11.7 Å². The van der Waals surface area contributed by atoms with Gasteiger partial charge < -0.3 is 5.32 Å². The van der Waals surface area contributed by atoms with Crippen LogP contribution < -0.4 is 5.32 Å². The van der Waals surface area contributed by atoms with E-state index in [1.165, 1.54) is 5.56 Å². The van der Waals surface area contributed by atoms with Crippen LogP contribution >= 0.6 is 0 Å². The zero-order valence-corrected chi connectivity index (χ0v) is 15.0. The lowest BCUT2D eigenvalue weighted by Gasteiger charge is -2.38. The second-order valence-corrected chi connectivity index (χ2v) is 7.14. The molecule has 3 rings (SSSR count). The lowest BCUT2D eigenvalue weighted by Crippen LogP contribution is -2.60. The average Bonchev–Trinajstić information content (AvgIpc) is 2.93. The molecule has 1 aliphatic heterocycles. The zero-order chi connectivity index (χ0) is 18.0. The van der Waals surface area contributed by atoms with Crippen LogP contribution in [0.5, 0.6) is 0 Å². The number of amides is 1. The lowest BCUT2D eigenvalue weighted by atomic mass is 9.79. The summed E-state index contributed by atoms with van der Waals surface area (Å²) in [6.07, 6.45) is 1.20. The van der Waals surface area contributed by atoms with Crippen LogP contribution in [0.25, 0.3) is 0 Å². The molecule has 2 aromatic rings. The van der Waals surface area contributed by atoms with Gasteiger partial charge in [-0.2, -0.15) is 5.10 Å². The molecule has 1 N–H and O–H groups in total. The van der Waals surface area contributed by atoms with Crippen LogP contribution in [-0.2, 0) is 17.8 Å². The fourth-order valence-electron chi connectivity index (χ4n) is 3.46. The van der Waals surface area contributed by atoms with E-state index in [1.54, 1.807) is 0 Å². The molecule has 5 nitrogen and oxygen atoms in total. The zero-order valence-electron chi connectivity index (χ0n) is 15.0. The van der Waals surface area contributed by atoms with Crippen molar-refractivity contribution in [3.05, 3.63) is 53.3 Å². The molecule has 2 heterocycles. The van der Waals surface area contributed by atoms with E-state index < -0.39 is 0 Å². The van der Waals surface area contributed by atoms with E-state index in [0.29, 0.717) is 12.1 Å². The van der Waals surface area contributed by atoms with Crippen molar-refractivity contribution in [2.45, 2.75) is 46.2 Å². The number of nitrogens with one attached hydrogen (secondary N) is 1. The highest BCUT2D eigenvalue weighted by molar-refractivity contribution is 5.97. The summed E-state index contributed by atoms with van der Waals surface area (Å²) >= 11 is 0. The fourth-order valence-corrected chi connectivity index (χ4v) is 3.46. The molecule has 2 atom stereocenters. The summed E-state index contributed by atoms with van der Waals surface area (Å²) in [5, 5.41) is 7.33. The number of carbonyl (C=O) groups is 2. The predicted octanol–water partition coefficient (Wildman–Crippen LogP) is 2.78. The van der Waals surface area contributed by atoms with Gasteiger partial charge in [0.2, 0.25) is 5.91 Å². The molecule has 2 unspecified atom stereocenters. The second-order valence-electron chi connectivity index (χ2n) is 7.14. The molecule has 1 aromatic heterocycles. The standard InChI is InChI=1S/C20H25N3O2/c1-13(2)19-17(21-20(19)25)12-18(24)16-11-14(3)23(22-16)10-9-15-7-5-4-6-8-15/h4-8,11,13,17,19H,9-10,12H2,1-3H3,(H,21,25). The normalized spacial score (nSPS) is 19.6. The molecular weight excluding hydrogens is 314 g/mol. The van der Waals surface area contributed by atoms with Gasteiger partial charge in [-0.15, -0.1) is 0 Å². The number of aromatic nitrogens is 2. The SMILES string of the molecule is Cc1cc(C(=O)CC2NC(=O)C2C(C)C)nn1CCc1ccccc1. The Morgan fingerprint density at radius 3 is 2.64 bits per heavy atom. The molecule has 0 aliphatic carbocycles. The second kappa shape index (κ2) is 7.21. The van der Waals surface area contributed by atoms with Gasteiger partial charge in [0.1, 0.15) is 5.69 Å². The third kappa shape index (κ3) is 3.81. The van der Waals surface area contributed by atoms with E-state index in [9.17, 15) is 9.59 Å². The number of aryl methyl sites for hydroxylation is 3. The van der Waals surface area contributed by atoms with Crippen molar-refractivity contribution in [3.8, 4) is 0 Å². The topological polar surface area (TPSA) is 64.0 Å². The summed E-state index contributed by atoms with van der Waals surface area (Å²) in [5.74, 6) is 0.233. The summed E-state index contributed by atoms with van der Waals surface area (Å²) in [6.45, 7) is 6.75. The number of Topliss-reactive ketones (excluding diaryl/α,β-unsaturated/α-hetero) is 1. The van der Waals surface area contributed by atoms with Crippen molar-refractivity contribution in [1.29, 1.82) is 0 Å². The number of benzene rings is 1. The Morgan fingerprint density at radius 1 is 1.28 bits per heavy atom. The molecule has 0 bridgehead atoms. The molecule has 25 heavy (non-hydrogen) atoms. The first-order valence-electron chi connectivity index (χ1n) is 8.87. The molecule has 0 radical (unpaired) electrons. The van der Waals surface area contributed by atoms with Crippen molar-refractivity contribution in [3.63, 3.8) is 0 Å². The van der Waals surface area contributed by atoms with E-state index >= 15 is 0 Å². The maximum absolute atomic E-state index is 12.5. The maximum Gasteiger partial charge on any atom is 0.225 e. The quantitative estimate of drug-likeness (QED) is 0.623. The molecule has 1 aliphatic rings. The van der Waals surface area contributed by atoms with Gasteiger partial charge in [-0.25, -0.2) is 0 Å². The summed E-state index contributed by atoms with van der Waals surface area (Å²) in [4.78, 5) is 24.2. The highest BCUT2D eigenvalue weighted by atomic mass is 16.2. The van der Waals surface area contributed by atoms with Crippen molar-refractivity contribution in [2.24, 2.45) is 11.8 Å². The van der Waals surface area contributed by atoms with Crippen molar-refractivity contribution in [1.82, 2.24) is 15.1 Å². The minimum atomic E-state index is -0.0646. The maximum atomic E-state index is 12.5. The summed E-state index contributed by atoms with van der Waals surface area (Å²) in [7, 11) is 0. The minimum Gasteiger partial charge on any atom is -0.352 e. The van der Waals surface area contributed by atoms with Crippen LogP contribution in [0, 0.1) is 18.8 Å². The number of carbonyl (C=O) groups excluding carboxylic acids is 2. The molecular formula is C20H25N3O2. The molecule has 1 amide bonds. The largest absolute Gasteiger partial charge is 0.352 e. The monoisotopic (exact) mass is 339 g/mol. The average molecular weight is 339 g/mol. The molecule has 1 fully saturated rings. The van der Waals surface area contributed by atoms with E-state index in [2.05, 4.69) is 22.5 Å². The summed E-state index contributed by atoms with van der Waals surface area (Å²) < 4.78 is 1.89. The van der Waals surface area contributed by atoms with Crippen LogP contribution in [0.3, 0.4) is 0 Å². The molecule has 132 valence electrons. The Bertz CT molecular complexity index is 765. The van der Waals surface area contributed by atoms with Crippen molar-refractivity contribution < 1.29 is 9.59 Å². The Morgan fingerprint density at radius 2 is 2.00 bits per heavy atom. The third-order valence-electron chi connectivity index (χ3n) is 4.91. The van der Waals surface area contributed by atoms with Crippen LogP contribution in [0.1, 0.15) is 42.0 Å². The van der Waals surface area contributed by atoms with E-state index in [1.807, 2.05) is 49.7 Å². The highest BCUT2D eigenvalue weighted by Gasteiger charge is 2.42. The number of nitrogens with zero attached hydrogens (tertiary/aromatic N) is 2. The Balaban J connectivity index is 1.61. The van der Waals surface area contributed by atoms with E-state index in [0.717, 1.165) is 18.7 Å². The van der Waals surface area contributed by atoms with Gasteiger partial charge in [0.15, 0.2) is 5.78 Å². The number of ketones is 1. The van der Waals surface area contributed by atoms with Gasteiger partial charge in [-0.05, 0) is 30.9 Å². The van der Waals surface area contributed by atoms with Crippen LogP contribution in [0.15, 0.2) is 36.4 Å². The molecule has 0 spiro atoms. The van der Waals surface area contributed by atoms with Gasteiger partial charge >= 0.3 is 0 Å². The first-order chi connectivity index (χ1) is 12.0. The van der Waals surface area contributed by atoms with Gasteiger partial charge in [0.05, 0.1) is 5.92 Å². The van der Waals surface area contributed by atoms with Gasteiger partial charge in [-0.3, -0.25) is 14.3 Å². The first-order valence-corrected chi connectivity index (χ1v) is 8.87. The Kier molecular flexibility index (Phi) is 5.02. The van der Waals surface area contributed by atoms with E-state index in [-0.39, 0.29) is 29.6 Å². The number of hydrogen-bond acceptors (Lipinski definition) is 3. The van der Waals surface area contributed by atoms with Gasteiger partial charge in [-0.1, -0.05) is 44.2 Å². The molecule has 1 saturated heterocycles.